The van der Waals surface area contributed by atoms with Gasteiger partial charge in [0.25, 0.3) is 11.7 Å². The zero-order chi connectivity index (χ0) is 24.9. The van der Waals surface area contributed by atoms with Gasteiger partial charge < -0.3 is 15.0 Å². The van der Waals surface area contributed by atoms with E-state index < -0.39 is 29.5 Å². The number of likely N-dealkylation sites (N-methyl/N-ethyl adjacent to an activating group) is 1. The molecule has 3 aliphatic rings. The van der Waals surface area contributed by atoms with E-state index in [-0.39, 0.29) is 24.8 Å². The predicted octanol–water partition coefficient (Wildman–Crippen LogP) is 0.212. The van der Waals surface area contributed by atoms with E-state index in [9.17, 15) is 23.6 Å². The minimum Gasteiger partial charge on any atom is -0.379 e. The van der Waals surface area contributed by atoms with Crippen molar-refractivity contribution in [3.05, 3.63) is 59.7 Å². The smallest absolute Gasteiger partial charge is 0.302 e. The van der Waals surface area contributed by atoms with Gasteiger partial charge in [0.05, 0.1) is 19.8 Å². The van der Waals surface area contributed by atoms with Crippen molar-refractivity contribution in [3.63, 3.8) is 0 Å². The largest absolute Gasteiger partial charge is 0.379 e. The summed E-state index contributed by atoms with van der Waals surface area (Å²) in [7, 11) is 0. The van der Waals surface area contributed by atoms with E-state index in [0.29, 0.717) is 44.1 Å². The molecule has 0 spiro atoms. The van der Waals surface area contributed by atoms with Crippen molar-refractivity contribution in [3.8, 4) is 0 Å². The molecule has 4 rings (SSSR count). The van der Waals surface area contributed by atoms with Gasteiger partial charge in [0.2, 0.25) is 5.91 Å². The number of amides is 3. The molecule has 35 heavy (non-hydrogen) atoms. The van der Waals surface area contributed by atoms with Crippen LogP contribution in [0.3, 0.4) is 0 Å². The SMILES string of the molecule is CCN(C(=O)CN1CCOCC1)C1=CC2=NC(C(=O)NCc3ccc(F)cc3)C(=O)C(=O)N2C=C1. The number of rotatable bonds is 7. The summed E-state index contributed by atoms with van der Waals surface area (Å²) >= 11 is 0. The fourth-order valence-corrected chi connectivity index (χ4v) is 3.95. The van der Waals surface area contributed by atoms with Gasteiger partial charge in [0, 0.05) is 44.2 Å². The lowest BCUT2D eigenvalue weighted by Crippen LogP contribution is -2.52. The number of nitrogens with one attached hydrogen (secondary N) is 1. The summed E-state index contributed by atoms with van der Waals surface area (Å²) in [6, 6.07) is 3.99. The minimum atomic E-state index is -1.54. The molecule has 10 nitrogen and oxygen atoms in total. The molecule has 1 N–H and O–H groups in total. The van der Waals surface area contributed by atoms with Gasteiger partial charge in [-0.15, -0.1) is 0 Å². The van der Waals surface area contributed by atoms with Crippen molar-refractivity contribution in [2.75, 3.05) is 39.4 Å². The average molecular weight is 484 g/mol. The third-order valence-corrected chi connectivity index (χ3v) is 5.88. The molecule has 1 aromatic rings. The highest BCUT2D eigenvalue weighted by molar-refractivity contribution is 6.47. The predicted molar refractivity (Wildman–Crippen MR) is 123 cm³/mol. The zero-order valence-corrected chi connectivity index (χ0v) is 19.3. The quantitative estimate of drug-likeness (QED) is 0.439. The van der Waals surface area contributed by atoms with Gasteiger partial charge in [-0.1, -0.05) is 12.1 Å². The summed E-state index contributed by atoms with van der Waals surface area (Å²) in [6.07, 6.45) is 4.47. The second kappa shape index (κ2) is 10.7. The van der Waals surface area contributed by atoms with Gasteiger partial charge in [0.15, 0.2) is 6.04 Å². The first kappa shape index (κ1) is 24.4. The molecule has 0 aromatic heterocycles. The molecule has 3 aliphatic heterocycles. The standard InChI is InChI=1S/C24H26FN5O5/c1-2-29(20(31)15-28-9-11-35-12-10-28)18-7-8-30-19(13-18)27-21(22(32)24(30)34)23(33)26-14-16-3-5-17(25)6-4-16/h3-8,13,21H,2,9-12,14-15H2,1H3,(H,26,33). The number of hydrogen-bond donors (Lipinski definition) is 1. The van der Waals surface area contributed by atoms with Crippen LogP contribution in [0, 0.1) is 5.82 Å². The van der Waals surface area contributed by atoms with Gasteiger partial charge in [0.1, 0.15) is 11.7 Å². The third-order valence-electron chi connectivity index (χ3n) is 5.88. The van der Waals surface area contributed by atoms with E-state index in [1.165, 1.54) is 36.5 Å². The van der Waals surface area contributed by atoms with Crippen LogP contribution < -0.4 is 5.32 Å². The summed E-state index contributed by atoms with van der Waals surface area (Å²) in [5.41, 5.74) is 1.14. The normalized spacial score (nSPS) is 20.2. The summed E-state index contributed by atoms with van der Waals surface area (Å²) in [5.74, 6) is -3.00. The zero-order valence-electron chi connectivity index (χ0n) is 19.3. The maximum atomic E-state index is 13.1. The third kappa shape index (κ3) is 5.52. The number of amidine groups is 1. The van der Waals surface area contributed by atoms with Crippen molar-refractivity contribution in [2.45, 2.75) is 19.5 Å². The maximum absolute atomic E-state index is 13.1. The van der Waals surface area contributed by atoms with Gasteiger partial charge in [-0.3, -0.25) is 29.0 Å². The van der Waals surface area contributed by atoms with Crippen LogP contribution >= 0.6 is 0 Å². The van der Waals surface area contributed by atoms with Gasteiger partial charge in [-0.25, -0.2) is 9.38 Å². The monoisotopic (exact) mass is 483 g/mol. The van der Waals surface area contributed by atoms with Crippen LogP contribution in [0.15, 0.2) is 53.3 Å². The molecule has 0 bridgehead atoms. The number of morpholine rings is 1. The van der Waals surface area contributed by atoms with Gasteiger partial charge in [-0.2, -0.15) is 0 Å². The lowest BCUT2D eigenvalue weighted by molar-refractivity contribution is -0.144. The summed E-state index contributed by atoms with van der Waals surface area (Å²) in [4.78, 5) is 59.6. The van der Waals surface area contributed by atoms with E-state index in [4.69, 9.17) is 4.74 Å². The molecule has 0 aliphatic carbocycles. The highest BCUT2D eigenvalue weighted by Gasteiger charge is 2.40. The van der Waals surface area contributed by atoms with E-state index in [0.717, 1.165) is 4.90 Å². The number of benzene rings is 1. The molecular weight excluding hydrogens is 457 g/mol. The summed E-state index contributed by atoms with van der Waals surface area (Å²) in [6.45, 7) is 5.00. The molecule has 3 amide bonds. The number of hydrogen-bond acceptors (Lipinski definition) is 7. The van der Waals surface area contributed by atoms with E-state index >= 15 is 0 Å². The molecule has 1 atom stereocenters. The number of carbonyl (C=O) groups excluding carboxylic acids is 4. The first-order valence-corrected chi connectivity index (χ1v) is 11.3. The fourth-order valence-electron chi connectivity index (χ4n) is 3.95. The van der Waals surface area contributed by atoms with E-state index in [2.05, 4.69) is 10.3 Å². The number of ketones is 1. The molecule has 11 heteroatoms. The number of Topliss-reactive ketones (excluding diaryl/α,β-unsaturated/α-hetero) is 1. The van der Waals surface area contributed by atoms with Crippen molar-refractivity contribution >= 4 is 29.3 Å². The summed E-state index contributed by atoms with van der Waals surface area (Å²) in [5, 5.41) is 2.56. The molecule has 1 unspecified atom stereocenters. The molecule has 3 heterocycles. The fraction of sp³-hybridized carbons (Fsp3) is 0.375. The number of ether oxygens (including phenoxy) is 1. The Kier molecular flexibility index (Phi) is 7.47. The molecule has 184 valence electrons. The average Bonchev–Trinajstić information content (AvgIpc) is 2.86. The van der Waals surface area contributed by atoms with Gasteiger partial charge >= 0.3 is 5.91 Å². The van der Waals surface area contributed by atoms with Crippen molar-refractivity contribution in [2.24, 2.45) is 4.99 Å². The Labute approximate surface area is 201 Å². The maximum Gasteiger partial charge on any atom is 0.302 e. The Morgan fingerprint density at radius 2 is 1.91 bits per heavy atom. The van der Waals surface area contributed by atoms with Crippen LogP contribution in [0.1, 0.15) is 12.5 Å². The van der Waals surface area contributed by atoms with Crippen molar-refractivity contribution in [1.29, 1.82) is 0 Å². The Hall–Kier alpha value is -3.70. The highest BCUT2D eigenvalue weighted by atomic mass is 19.1. The number of allylic oxidation sites excluding steroid dienone is 1. The van der Waals surface area contributed by atoms with E-state index in [1.54, 1.807) is 11.0 Å². The number of halogens is 1. The highest BCUT2D eigenvalue weighted by Crippen LogP contribution is 2.20. The molecule has 1 saturated heterocycles. The molecule has 0 radical (unpaired) electrons. The number of carbonyl (C=O) groups is 4. The Morgan fingerprint density at radius 1 is 1.20 bits per heavy atom. The van der Waals surface area contributed by atoms with Crippen LogP contribution in [-0.4, -0.2) is 89.5 Å². The topological polar surface area (TPSA) is 112 Å². The Balaban J connectivity index is 1.49. The van der Waals surface area contributed by atoms with Crippen LogP contribution in [0.5, 0.6) is 0 Å². The lowest BCUT2D eigenvalue weighted by Gasteiger charge is -2.32. The van der Waals surface area contributed by atoms with Crippen molar-refractivity contribution < 1.29 is 28.3 Å². The second-order valence-corrected chi connectivity index (χ2v) is 8.18. The summed E-state index contributed by atoms with van der Waals surface area (Å²) < 4.78 is 18.4. The number of aliphatic imine (C=N–C) groups is 1. The van der Waals surface area contributed by atoms with Gasteiger partial charge in [-0.05, 0) is 30.7 Å². The van der Waals surface area contributed by atoms with Crippen LogP contribution in [0.25, 0.3) is 0 Å². The first-order chi connectivity index (χ1) is 16.9. The lowest BCUT2D eigenvalue weighted by atomic mass is 10.1. The van der Waals surface area contributed by atoms with E-state index in [1.807, 2.05) is 11.8 Å². The second-order valence-electron chi connectivity index (χ2n) is 8.18. The van der Waals surface area contributed by atoms with Crippen LogP contribution in [0.4, 0.5) is 4.39 Å². The molecule has 1 aromatic carbocycles. The van der Waals surface area contributed by atoms with Crippen LogP contribution in [-0.2, 0) is 30.5 Å². The number of fused-ring (bicyclic) bond motifs is 1. The Morgan fingerprint density at radius 3 is 2.60 bits per heavy atom. The first-order valence-electron chi connectivity index (χ1n) is 11.3. The van der Waals surface area contributed by atoms with Crippen LogP contribution in [0.2, 0.25) is 0 Å². The molecule has 1 fully saturated rings. The molecule has 0 saturated carbocycles. The minimum absolute atomic E-state index is 0.0479. The van der Waals surface area contributed by atoms with Crippen molar-refractivity contribution in [1.82, 2.24) is 20.0 Å². The molecular formula is C24H26FN5O5. The number of nitrogens with zero attached hydrogens (tertiary/aromatic N) is 4. The Bertz CT molecular complexity index is 1110.